The number of aliphatic hydroxyl groups excluding tert-OH is 2. The number of hydrogen-bond donors (Lipinski definition) is 3. The number of nitrogens with zero attached hydrogens (tertiary/aromatic N) is 2. The van der Waals surface area contributed by atoms with E-state index in [0.29, 0.717) is 12.8 Å². The van der Waals surface area contributed by atoms with Gasteiger partial charge in [-0.2, -0.15) is 5.06 Å². The fraction of sp³-hybridized carbons (Fsp3) is 0.500. The molecule has 15 nitrogen and oxygen atoms in total. The van der Waals surface area contributed by atoms with Gasteiger partial charge in [0, 0.05) is 39.2 Å². The molecule has 336 valence electrons. The van der Waals surface area contributed by atoms with Gasteiger partial charge in [0.15, 0.2) is 11.8 Å². The first kappa shape index (κ1) is 44.4. The number of esters is 2. The summed E-state index contributed by atoms with van der Waals surface area (Å²) in [4.78, 5) is 65.5. The molecule has 4 fully saturated rings. The number of amides is 2. The zero-order chi connectivity index (χ0) is 44.5. The molecular weight excluding hydrogens is 811 g/mol. The Morgan fingerprint density at radius 2 is 1.63 bits per heavy atom. The minimum Gasteiger partial charge on any atom is -0.499 e. The normalized spacial score (nSPS) is 26.4. The standard InChI is InChI=1S/C48H57N3O12/c1-46(2,3)60-38(54)19-18-35(29-53)49-43(55)36(24-31-10-6-5-7-11-31)50(4)45(57)48-27-37-39-40(62-47(61-39)25-33-12-8-9-13-34(33)26-47)42(48)63-51(41(48)44(56)59-37)28-32-16-14-30(15-17-32)20-22-58-23-21-52/h5-17,20,22,35-37,39-42,52-53H,18-19,21,23-29H2,1-4H3,(H,49,55)/t35-,36+,37+,39-,40-,41-,42+,48-/m0/s1. The molecule has 0 unspecified atom stereocenters. The topological polar surface area (TPSA) is 183 Å². The highest BCUT2D eigenvalue weighted by molar-refractivity contribution is 5.96. The molecule has 0 aromatic heterocycles. The number of hydrogen-bond acceptors (Lipinski definition) is 13. The highest BCUT2D eigenvalue weighted by Crippen LogP contribution is 2.59. The van der Waals surface area contributed by atoms with Crippen LogP contribution in [0.3, 0.4) is 0 Å². The third-order valence-electron chi connectivity index (χ3n) is 12.6. The summed E-state index contributed by atoms with van der Waals surface area (Å²) in [7, 11) is 1.56. The Morgan fingerprint density at radius 1 is 0.952 bits per heavy atom. The number of hydroxylamine groups is 2. The zero-order valence-corrected chi connectivity index (χ0v) is 36.1. The molecule has 2 aliphatic carbocycles. The van der Waals surface area contributed by atoms with Gasteiger partial charge in [-0.3, -0.25) is 24.0 Å². The number of likely N-dealkylation sites (N-methyl/N-ethyl adjacent to an activating group) is 1. The van der Waals surface area contributed by atoms with Crippen molar-refractivity contribution in [3.63, 3.8) is 0 Å². The van der Waals surface area contributed by atoms with Crippen LogP contribution in [0.5, 0.6) is 0 Å². The average Bonchev–Trinajstić information content (AvgIpc) is 3.94. The van der Waals surface area contributed by atoms with Crippen LogP contribution in [0.2, 0.25) is 0 Å². The molecule has 5 aliphatic rings. The Labute approximate surface area is 367 Å². The predicted octanol–water partition coefficient (Wildman–Crippen LogP) is 3.41. The van der Waals surface area contributed by atoms with Crippen molar-refractivity contribution in [1.82, 2.24) is 15.3 Å². The van der Waals surface area contributed by atoms with Crippen LogP contribution in [0, 0.1) is 5.41 Å². The number of benzene rings is 3. The van der Waals surface area contributed by atoms with E-state index in [9.17, 15) is 19.5 Å². The fourth-order valence-corrected chi connectivity index (χ4v) is 9.80. The molecule has 15 heteroatoms. The van der Waals surface area contributed by atoms with E-state index >= 15 is 4.79 Å². The van der Waals surface area contributed by atoms with Gasteiger partial charge in [-0.05, 0) is 61.1 Å². The van der Waals surface area contributed by atoms with Crippen LogP contribution in [-0.2, 0) is 73.5 Å². The second kappa shape index (κ2) is 18.1. The first-order chi connectivity index (χ1) is 30.2. The summed E-state index contributed by atoms with van der Waals surface area (Å²) in [6, 6.07) is 21.7. The van der Waals surface area contributed by atoms with Gasteiger partial charge in [0.25, 0.3) is 0 Å². The lowest BCUT2D eigenvalue weighted by Gasteiger charge is -2.50. The molecule has 2 bridgehead atoms. The second-order valence-electron chi connectivity index (χ2n) is 18.2. The summed E-state index contributed by atoms with van der Waals surface area (Å²) in [5.41, 5.74) is 2.34. The number of carbonyl (C=O) groups excluding carboxylic acids is 4. The third-order valence-corrected chi connectivity index (χ3v) is 12.6. The van der Waals surface area contributed by atoms with Crippen LogP contribution in [-0.4, -0.2) is 125 Å². The number of nitrogens with one attached hydrogen (secondary N) is 1. The van der Waals surface area contributed by atoms with Crippen molar-refractivity contribution in [2.75, 3.05) is 26.9 Å². The lowest BCUT2D eigenvalue weighted by molar-refractivity contribution is -0.218. The van der Waals surface area contributed by atoms with Crippen molar-refractivity contribution < 1.29 is 57.9 Å². The van der Waals surface area contributed by atoms with Gasteiger partial charge in [0.05, 0.1) is 32.1 Å². The molecule has 3 N–H and O–H groups in total. The molecule has 2 amide bonds. The van der Waals surface area contributed by atoms with E-state index in [1.165, 1.54) is 16.2 Å². The molecule has 3 aliphatic heterocycles. The maximum atomic E-state index is 15.7. The first-order valence-electron chi connectivity index (χ1n) is 21.7. The van der Waals surface area contributed by atoms with Gasteiger partial charge in [0.1, 0.15) is 48.1 Å². The van der Waals surface area contributed by atoms with E-state index in [1.54, 1.807) is 33.9 Å². The van der Waals surface area contributed by atoms with Crippen molar-refractivity contribution in [2.45, 2.75) is 120 Å². The van der Waals surface area contributed by atoms with Crippen LogP contribution in [0.15, 0.2) is 85.1 Å². The van der Waals surface area contributed by atoms with Crippen LogP contribution >= 0.6 is 0 Å². The summed E-state index contributed by atoms with van der Waals surface area (Å²) in [6.45, 7) is 5.04. The van der Waals surface area contributed by atoms with Gasteiger partial charge in [-0.15, -0.1) is 0 Å². The Kier molecular flexibility index (Phi) is 12.8. The fourth-order valence-electron chi connectivity index (χ4n) is 9.80. The van der Waals surface area contributed by atoms with Crippen molar-refractivity contribution in [1.29, 1.82) is 0 Å². The summed E-state index contributed by atoms with van der Waals surface area (Å²) >= 11 is 0. The smallest absolute Gasteiger partial charge is 0.327 e. The quantitative estimate of drug-likeness (QED) is 0.108. The van der Waals surface area contributed by atoms with E-state index in [2.05, 4.69) is 5.32 Å². The van der Waals surface area contributed by atoms with Gasteiger partial charge >= 0.3 is 11.9 Å². The largest absolute Gasteiger partial charge is 0.499 e. The van der Waals surface area contributed by atoms with Crippen molar-refractivity contribution in [2.24, 2.45) is 5.41 Å². The number of carbonyl (C=O) groups is 4. The molecule has 63 heavy (non-hydrogen) atoms. The van der Waals surface area contributed by atoms with Gasteiger partial charge in [0.2, 0.25) is 11.8 Å². The van der Waals surface area contributed by atoms with Crippen LogP contribution in [0.4, 0.5) is 0 Å². The van der Waals surface area contributed by atoms with Gasteiger partial charge < -0.3 is 44.1 Å². The average molecular weight is 868 g/mol. The summed E-state index contributed by atoms with van der Waals surface area (Å²) in [6.07, 6.45) is 1.09. The SMILES string of the molecule is CN(C(=O)[C@@]12C[C@H]3OC(=O)[C@@H]1N(Cc1ccc(C=COCCO)cc1)O[C@@H]2[C@H]1OC2(Cc4ccccc4C2)O[C@H]13)[C@H](Cc1ccccc1)C(=O)N[C@H](CO)CCC(=O)OC(C)(C)C. The van der Waals surface area contributed by atoms with E-state index in [-0.39, 0.29) is 45.4 Å². The predicted molar refractivity (Wildman–Crippen MR) is 227 cm³/mol. The number of aliphatic hydroxyl groups is 2. The minimum atomic E-state index is -1.56. The monoisotopic (exact) mass is 867 g/mol. The molecular formula is C48H57N3O12. The summed E-state index contributed by atoms with van der Waals surface area (Å²) in [5.74, 6) is -3.19. The number of rotatable bonds is 16. The molecule has 0 radical (unpaired) electrons. The Hall–Kier alpha value is -5.16. The van der Waals surface area contributed by atoms with Crippen molar-refractivity contribution in [3.8, 4) is 0 Å². The lowest BCUT2D eigenvalue weighted by atomic mass is 9.62. The molecule has 3 heterocycles. The summed E-state index contributed by atoms with van der Waals surface area (Å²) < 4.78 is 30.7. The van der Waals surface area contributed by atoms with Gasteiger partial charge in [-0.1, -0.05) is 78.9 Å². The van der Waals surface area contributed by atoms with E-state index in [0.717, 1.165) is 27.8 Å². The first-order valence-corrected chi connectivity index (χ1v) is 21.7. The number of fused-ring (bicyclic) bond motifs is 5. The molecule has 1 spiro atoms. The Bertz CT molecular complexity index is 2150. The molecule has 8 atom stereocenters. The molecule has 1 saturated carbocycles. The van der Waals surface area contributed by atoms with Crippen LogP contribution < -0.4 is 5.32 Å². The zero-order valence-electron chi connectivity index (χ0n) is 36.1. The molecule has 3 saturated heterocycles. The highest BCUT2D eigenvalue weighted by Gasteiger charge is 2.77. The van der Waals surface area contributed by atoms with E-state index in [4.69, 9.17) is 33.6 Å². The maximum Gasteiger partial charge on any atom is 0.327 e. The van der Waals surface area contributed by atoms with Gasteiger partial charge in [-0.25, -0.2) is 0 Å². The Balaban J connectivity index is 1.11. The lowest BCUT2D eigenvalue weighted by Crippen LogP contribution is -2.70. The van der Waals surface area contributed by atoms with Crippen molar-refractivity contribution >= 4 is 29.8 Å². The van der Waals surface area contributed by atoms with E-state index < -0.39 is 89.7 Å². The molecule has 3 aromatic carbocycles. The Morgan fingerprint density at radius 3 is 2.30 bits per heavy atom. The van der Waals surface area contributed by atoms with Crippen LogP contribution in [0.25, 0.3) is 6.08 Å². The summed E-state index contributed by atoms with van der Waals surface area (Å²) in [5, 5.41) is 23.8. The minimum absolute atomic E-state index is 0.0420. The number of ether oxygens (including phenoxy) is 5. The van der Waals surface area contributed by atoms with Crippen molar-refractivity contribution in [3.05, 3.63) is 113 Å². The third kappa shape index (κ3) is 9.13. The maximum absolute atomic E-state index is 15.7. The molecule has 3 aromatic rings. The second-order valence-corrected chi connectivity index (χ2v) is 18.2. The van der Waals surface area contributed by atoms with Crippen LogP contribution in [0.1, 0.15) is 67.9 Å². The highest BCUT2D eigenvalue weighted by atomic mass is 16.8. The molecule has 8 rings (SSSR count). The van der Waals surface area contributed by atoms with E-state index in [1.807, 2.05) is 78.9 Å².